The second kappa shape index (κ2) is 6.34. The predicted octanol–water partition coefficient (Wildman–Crippen LogP) is 1.80. The lowest BCUT2D eigenvalue weighted by atomic mass is 10.1. The molecule has 1 saturated carbocycles. The van der Waals surface area contributed by atoms with E-state index in [2.05, 4.69) is 20.9 Å². The van der Waals surface area contributed by atoms with E-state index >= 15 is 0 Å². The van der Waals surface area contributed by atoms with Crippen LogP contribution in [0.4, 0.5) is 5.82 Å². The third kappa shape index (κ3) is 3.25. The maximum atomic E-state index is 12.6. The Morgan fingerprint density at radius 2 is 2.21 bits per heavy atom. The lowest BCUT2D eigenvalue weighted by Gasteiger charge is -2.28. The summed E-state index contributed by atoms with van der Waals surface area (Å²) in [7, 11) is 0. The fourth-order valence-corrected chi connectivity index (χ4v) is 2.88. The number of hydrogen-bond donors (Lipinski definition) is 2. The highest BCUT2D eigenvalue weighted by Crippen LogP contribution is 2.26. The Labute approximate surface area is 120 Å². The molecule has 0 bridgehead atoms. The van der Waals surface area contributed by atoms with Crippen molar-refractivity contribution in [2.75, 3.05) is 18.9 Å². The molecule has 104 valence electrons. The second-order valence-electron chi connectivity index (χ2n) is 4.75. The number of aliphatic hydroxyl groups excluding tert-OH is 1. The molecule has 0 atom stereocenters. The summed E-state index contributed by atoms with van der Waals surface area (Å²) in [4.78, 5) is 18.3. The van der Waals surface area contributed by atoms with E-state index in [-0.39, 0.29) is 24.4 Å². The lowest BCUT2D eigenvalue weighted by molar-refractivity contribution is 0.0638. The first-order valence-electron chi connectivity index (χ1n) is 6.46. The van der Waals surface area contributed by atoms with Gasteiger partial charge < -0.3 is 15.7 Å². The monoisotopic (exact) mass is 327 g/mol. The zero-order chi connectivity index (χ0) is 13.8. The third-order valence-electron chi connectivity index (χ3n) is 3.48. The van der Waals surface area contributed by atoms with E-state index in [1.807, 2.05) is 0 Å². The van der Waals surface area contributed by atoms with Crippen molar-refractivity contribution < 1.29 is 9.90 Å². The maximum Gasteiger partial charge on any atom is 0.257 e. The number of aliphatic hydroxyl groups is 1. The van der Waals surface area contributed by atoms with Gasteiger partial charge in [0.1, 0.15) is 5.82 Å². The Morgan fingerprint density at radius 1 is 1.53 bits per heavy atom. The molecular weight excluding hydrogens is 310 g/mol. The van der Waals surface area contributed by atoms with Crippen LogP contribution in [0.15, 0.2) is 16.7 Å². The average molecular weight is 328 g/mol. The van der Waals surface area contributed by atoms with Crippen molar-refractivity contribution >= 4 is 27.7 Å². The van der Waals surface area contributed by atoms with Crippen LogP contribution in [0.3, 0.4) is 0 Å². The van der Waals surface area contributed by atoms with Gasteiger partial charge in [-0.05, 0) is 34.8 Å². The number of nitrogen functional groups attached to an aromatic ring is 1. The third-order valence-corrected chi connectivity index (χ3v) is 3.92. The van der Waals surface area contributed by atoms with Crippen LogP contribution in [-0.2, 0) is 0 Å². The summed E-state index contributed by atoms with van der Waals surface area (Å²) >= 11 is 3.30. The maximum absolute atomic E-state index is 12.6. The fraction of sp³-hybridized carbons (Fsp3) is 0.538. The van der Waals surface area contributed by atoms with Gasteiger partial charge in [-0.1, -0.05) is 12.8 Å². The summed E-state index contributed by atoms with van der Waals surface area (Å²) in [6.45, 7) is 0.305. The number of carbonyl (C=O) groups is 1. The van der Waals surface area contributed by atoms with Crippen molar-refractivity contribution in [1.82, 2.24) is 9.88 Å². The van der Waals surface area contributed by atoms with E-state index in [1.165, 1.54) is 0 Å². The number of carbonyl (C=O) groups excluding carboxylic acids is 1. The Morgan fingerprint density at radius 3 is 2.84 bits per heavy atom. The van der Waals surface area contributed by atoms with Crippen LogP contribution in [0.2, 0.25) is 0 Å². The van der Waals surface area contributed by atoms with Crippen molar-refractivity contribution in [1.29, 1.82) is 0 Å². The molecule has 5 nitrogen and oxygen atoms in total. The van der Waals surface area contributed by atoms with Crippen molar-refractivity contribution in [3.05, 3.63) is 22.3 Å². The Hall–Kier alpha value is -1.14. The number of nitrogens with zero attached hydrogens (tertiary/aromatic N) is 2. The van der Waals surface area contributed by atoms with Crippen LogP contribution in [0, 0.1) is 0 Å². The first-order valence-corrected chi connectivity index (χ1v) is 7.25. The minimum absolute atomic E-state index is 0.0381. The zero-order valence-electron chi connectivity index (χ0n) is 10.7. The molecule has 1 heterocycles. The van der Waals surface area contributed by atoms with E-state index in [0.717, 1.165) is 30.2 Å². The van der Waals surface area contributed by atoms with Gasteiger partial charge in [0, 0.05) is 23.3 Å². The molecule has 2 rings (SSSR count). The average Bonchev–Trinajstić information content (AvgIpc) is 2.92. The molecule has 0 aromatic carbocycles. The second-order valence-corrected chi connectivity index (χ2v) is 5.66. The summed E-state index contributed by atoms with van der Waals surface area (Å²) in [6.07, 6.45) is 5.82. The molecule has 0 aliphatic heterocycles. The molecule has 1 aromatic rings. The van der Waals surface area contributed by atoms with Gasteiger partial charge in [0.15, 0.2) is 0 Å². The van der Waals surface area contributed by atoms with Gasteiger partial charge in [0.2, 0.25) is 0 Å². The number of amides is 1. The normalized spacial score (nSPS) is 15.7. The number of hydrogen-bond acceptors (Lipinski definition) is 4. The minimum atomic E-state index is -0.146. The molecule has 3 N–H and O–H groups in total. The topological polar surface area (TPSA) is 79.5 Å². The van der Waals surface area contributed by atoms with Crippen LogP contribution in [-0.4, -0.2) is 40.1 Å². The summed E-state index contributed by atoms with van der Waals surface area (Å²) in [5.74, 6) is 0.0846. The largest absolute Gasteiger partial charge is 0.395 e. The summed E-state index contributed by atoms with van der Waals surface area (Å²) in [6, 6.07) is 1.89. The highest BCUT2D eigenvalue weighted by molar-refractivity contribution is 9.10. The highest BCUT2D eigenvalue weighted by atomic mass is 79.9. The Kier molecular flexibility index (Phi) is 4.76. The van der Waals surface area contributed by atoms with Crippen LogP contribution >= 0.6 is 15.9 Å². The van der Waals surface area contributed by atoms with Crippen LogP contribution in [0.25, 0.3) is 0 Å². The number of nitrogens with two attached hydrogens (primary N) is 1. The predicted molar refractivity (Wildman–Crippen MR) is 76.7 cm³/mol. The van der Waals surface area contributed by atoms with Gasteiger partial charge >= 0.3 is 0 Å². The molecule has 1 fully saturated rings. The van der Waals surface area contributed by atoms with E-state index in [9.17, 15) is 4.79 Å². The molecule has 6 heteroatoms. The minimum Gasteiger partial charge on any atom is -0.395 e. The molecule has 19 heavy (non-hydrogen) atoms. The van der Waals surface area contributed by atoms with E-state index in [1.54, 1.807) is 17.2 Å². The van der Waals surface area contributed by atoms with Gasteiger partial charge in [-0.3, -0.25) is 4.79 Å². The number of pyridine rings is 1. The molecular formula is C13H18BrN3O2. The van der Waals surface area contributed by atoms with Crippen molar-refractivity contribution in [3.8, 4) is 0 Å². The highest BCUT2D eigenvalue weighted by Gasteiger charge is 2.28. The smallest absolute Gasteiger partial charge is 0.257 e. The Balaban J connectivity index is 2.25. The molecule has 0 spiro atoms. The standard InChI is InChI=1S/C13H18BrN3O2/c14-9-7-11(12(15)16-8-9)13(19)17(5-6-18)10-3-1-2-4-10/h7-8,10,18H,1-6H2,(H2,15,16). The molecule has 0 radical (unpaired) electrons. The fourth-order valence-electron chi connectivity index (χ4n) is 2.55. The van der Waals surface area contributed by atoms with Crippen molar-refractivity contribution in [3.63, 3.8) is 0 Å². The van der Waals surface area contributed by atoms with Crippen molar-refractivity contribution in [2.24, 2.45) is 0 Å². The van der Waals surface area contributed by atoms with Crippen LogP contribution < -0.4 is 5.73 Å². The van der Waals surface area contributed by atoms with Gasteiger partial charge in [-0.2, -0.15) is 0 Å². The SMILES string of the molecule is Nc1ncc(Br)cc1C(=O)N(CCO)C1CCCC1. The number of anilines is 1. The molecule has 1 aliphatic carbocycles. The summed E-state index contributed by atoms with van der Waals surface area (Å²) in [5, 5.41) is 9.17. The van der Waals surface area contributed by atoms with E-state index < -0.39 is 0 Å². The van der Waals surface area contributed by atoms with Gasteiger partial charge in [-0.15, -0.1) is 0 Å². The first kappa shape index (κ1) is 14.3. The van der Waals surface area contributed by atoms with E-state index in [4.69, 9.17) is 10.8 Å². The van der Waals surface area contributed by atoms with Crippen molar-refractivity contribution in [2.45, 2.75) is 31.7 Å². The molecule has 1 aliphatic rings. The summed E-state index contributed by atoms with van der Waals surface area (Å²) in [5.41, 5.74) is 6.18. The first-order chi connectivity index (χ1) is 9.13. The van der Waals surface area contributed by atoms with Gasteiger partial charge in [-0.25, -0.2) is 4.98 Å². The van der Waals surface area contributed by atoms with E-state index in [0.29, 0.717) is 12.1 Å². The molecule has 0 saturated heterocycles. The lowest BCUT2D eigenvalue weighted by Crippen LogP contribution is -2.41. The van der Waals surface area contributed by atoms with Crippen LogP contribution in [0.1, 0.15) is 36.0 Å². The zero-order valence-corrected chi connectivity index (χ0v) is 12.3. The van der Waals surface area contributed by atoms with Gasteiger partial charge in [0.05, 0.1) is 12.2 Å². The molecule has 1 aromatic heterocycles. The number of rotatable bonds is 4. The number of halogens is 1. The molecule has 0 unspecified atom stereocenters. The number of aromatic nitrogens is 1. The quantitative estimate of drug-likeness (QED) is 0.883. The molecule has 1 amide bonds. The Bertz CT molecular complexity index is 461. The summed E-state index contributed by atoms with van der Waals surface area (Å²) < 4.78 is 0.723. The van der Waals surface area contributed by atoms with Crippen LogP contribution in [0.5, 0.6) is 0 Å². The van der Waals surface area contributed by atoms with Gasteiger partial charge in [0.25, 0.3) is 5.91 Å².